The zero-order valence-electron chi connectivity index (χ0n) is 12.2. The summed E-state index contributed by atoms with van der Waals surface area (Å²) < 4.78 is 10.9. The van der Waals surface area contributed by atoms with Gasteiger partial charge in [-0.15, -0.1) is 0 Å². The Morgan fingerprint density at radius 2 is 2.10 bits per heavy atom. The molecule has 2 fully saturated rings. The molecule has 0 amide bonds. The first-order valence-corrected chi connectivity index (χ1v) is 7.39. The van der Waals surface area contributed by atoms with E-state index in [1.54, 1.807) is 0 Å². The van der Waals surface area contributed by atoms with Gasteiger partial charge in [-0.05, 0) is 12.5 Å². The van der Waals surface area contributed by atoms with Crippen LogP contribution in [0.1, 0.15) is 23.2 Å². The van der Waals surface area contributed by atoms with Crippen LogP contribution in [0.4, 0.5) is 0 Å². The van der Waals surface area contributed by atoms with Gasteiger partial charge in [-0.25, -0.2) is 0 Å². The van der Waals surface area contributed by atoms with Crippen LogP contribution in [0.3, 0.4) is 0 Å². The van der Waals surface area contributed by atoms with Gasteiger partial charge in [0.05, 0.1) is 19.1 Å². The predicted octanol–water partition coefficient (Wildman–Crippen LogP) is 1.99. The fourth-order valence-corrected chi connectivity index (χ4v) is 3.49. The Hall–Kier alpha value is -1.72. The van der Waals surface area contributed by atoms with Crippen LogP contribution in [0.25, 0.3) is 0 Å². The number of benzene rings is 1. The van der Waals surface area contributed by atoms with Crippen molar-refractivity contribution in [1.82, 2.24) is 15.0 Å². The molecule has 1 spiro atoms. The lowest BCUT2D eigenvalue weighted by atomic mass is 9.76. The third kappa shape index (κ3) is 2.26. The van der Waals surface area contributed by atoms with Crippen LogP contribution in [0.2, 0.25) is 0 Å². The maximum absolute atomic E-state index is 5.50. The highest BCUT2D eigenvalue weighted by molar-refractivity contribution is 5.17. The van der Waals surface area contributed by atoms with Crippen LogP contribution in [-0.4, -0.2) is 41.3 Å². The molecule has 1 unspecified atom stereocenters. The van der Waals surface area contributed by atoms with Crippen molar-refractivity contribution in [2.45, 2.75) is 19.4 Å². The molecule has 0 N–H and O–H groups in total. The molecule has 5 nitrogen and oxygen atoms in total. The number of nitrogens with zero attached hydrogens (tertiary/aromatic N) is 3. The number of likely N-dealkylation sites (tertiary alicyclic amines) is 1. The molecule has 1 aromatic carbocycles. The second kappa shape index (κ2) is 4.93. The molecule has 1 aromatic heterocycles. The Morgan fingerprint density at radius 3 is 2.71 bits per heavy atom. The lowest BCUT2D eigenvalue weighted by Crippen LogP contribution is -2.48. The Labute approximate surface area is 123 Å². The summed E-state index contributed by atoms with van der Waals surface area (Å²) in [5.41, 5.74) is 1.50. The average Bonchev–Trinajstić information content (AvgIpc) is 3.03. The number of hydrogen-bond donors (Lipinski definition) is 0. The summed E-state index contributed by atoms with van der Waals surface area (Å²) in [6.45, 7) is 6.42. The van der Waals surface area contributed by atoms with Gasteiger partial charge in [0, 0.05) is 25.0 Å². The van der Waals surface area contributed by atoms with Gasteiger partial charge in [0.2, 0.25) is 5.89 Å². The quantitative estimate of drug-likeness (QED) is 0.863. The molecular weight excluding hydrogens is 266 g/mol. The van der Waals surface area contributed by atoms with Crippen LogP contribution >= 0.6 is 0 Å². The summed E-state index contributed by atoms with van der Waals surface area (Å²) >= 11 is 0. The Kier molecular flexibility index (Phi) is 3.05. The third-order valence-corrected chi connectivity index (χ3v) is 4.59. The standard InChI is InChI=1S/C16H19N3O2/c1-12-17-15(21-18-12)14-8-19(9-16(14)10-20-11-16)7-13-5-3-2-4-6-13/h2-6,14H,7-11H2,1H3. The van der Waals surface area contributed by atoms with Crippen molar-refractivity contribution in [3.8, 4) is 0 Å². The second-order valence-electron chi connectivity index (χ2n) is 6.24. The van der Waals surface area contributed by atoms with Crippen molar-refractivity contribution in [2.24, 2.45) is 5.41 Å². The Morgan fingerprint density at radius 1 is 1.29 bits per heavy atom. The topological polar surface area (TPSA) is 51.4 Å². The highest BCUT2D eigenvalue weighted by Gasteiger charge is 2.54. The van der Waals surface area contributed by atoms with Gasteiger partial charge in [-0.1, -0.05) is 35.5 Å². The molecule has 1 atom stereocenters. The van der Waals surface area contributed by atoms with Crippen molar-refractivity contribution in [1.29, 1.82) is 0 Å². The summed E-state index contributed by atoms with van der Waals surface area (Å²) in [6.07, 6.45) is 0. The van der Waals surface area contributed by atoms with E-state index in [0.29, 0.717) is 5.82 Å². The van der Waals surface area contributed by atoms with E-state index in [0.717, 1.165) is 38.7 Å². The number of aromatic nitrogens is 2. The molecular formula is C16H19N3O2. The maximum atomic E-state index is 5.50. The minimum atomic E-state index is 0.160. The number of rotatable bonds is 3. The first-order valence-electron chi connectivity index (χ1n) is 7.39. The van der Waals surface area contributed by atoms with Gasteiger partial charge >= 0.3 is 0 Å². The van der Waals surface area contributed by atoms with Crippen LogP contribution < -0.4 is 0 Å². The van der Waals surface area contributed by atoms with E-state index in [4.69, 9.17) is 9.26 Å². The molecule has 0 radical (unpaired) electrons. The summed E-state index contributed by atoms with van der Waals surface area (Å²) in [7, 11) is 0. The van der Waals surface area contributed by atoms with Crippen molar-refractivity contribution in [2.75, 3.05) is 26.3 Å². The van der Waals surface area contributed by atoms with Gasteiger partial charge in [0.15, 0.2) is 5.82 Å². The monoisotopic (exact) mass is 285 g/mol. The normalized spacial score (nSPS) is 24.3. The fraction of sp³-hybridized carbons (Fsp3) is 0.500. The van der Waals surface area contributed by atoms with Gasteiger partial charge in [0.25, 0.3) is 0 Å². The van der Waals surface area contributed by atoms with Gasteiger partial charge in [-0.3, -0.25) is 4.90 Å². The highest BCUT2D eigenvalue weighted by Crippen LogP contribution is 2.47. The predicted molar refractivity (Wildman–Crippen MR) is 76.7 cm³/mol. The van der Waals surface area contributed by atoms with E-state index in [-0.39, 0.29) is 11.3 Å². The van der Waals surface area contributed by atoms with Crippen molar-refractivity contribution >= 4 is 0 Å². The third-order valence-electron chi connectivity index (χ3n) is 4.59. The summed E-state index contributed by atoms with van der Waals surface area (Å²) in [4.78, 5) is 6.93. The van der Waals surface area contributed by atoms with Crippen molar-refractivity contribution in [3.05, 3.63) is 47.6 Å². The number of hydrogen-bond acceptors (Lipinski definition) is 5. The Bertz CT molecular complexity index is 621. The van der Waals surface area contributed by atoms with Crippen LogP contribution in [-0.2, 0) is 11.3 Å². The molecule has 2 saturated heterocycles. The van der Waals surface area contributed by atoms with E-state index in [2.05, 4.69) is 45.4 Å². The molecule has 110 valence electrons. The lowest BCUT2D eigenvalue weighted by Gasteiger charge is -2.41. The first-order chi connectivity index (χ1) is 10.3. The van der Waals surface area contributed by atoms with Crippen LogP contribution in [0, 0.1) is 12.3 Å². The molecule has 0 aliphatic carbocycles. The van der Waals surface area contributed by atoms with Gasteiger partial charge in [0.1, 0.15) is 0 Å². The van der Waals surface area contributed by atoms with E-state index < -0.39 is 0 Å². The zero-order valence-corrected chi connectivity index (χ0v) is 12.2. The minimum absolute atomic E-state index is 0.160. The molecule has 3 heterocycles. The summed E-state index contributed by atoms with van der Waals surface area (Å²) in [5, 5.41) is 3.95. The minimum Gasteiger partial charge on any atom is -0.380 e. The molecule has 0 saturated carbocycles. The molecule has 2 aliphatic heterocycles. The van der Waals surface area contributed by atoms with Crippen molar-refractivity contribution < 1.29 is 9.26 Å². The molecule has 2 aliphatic rings. The molecule has 21 heavy (non-hydrogen) atoms. The second-order valence-corrected chi connectivity index (χ2v) is 6.24. The number of aryl methyl sites for hydroxylation is 1. The van der Waals surface area contributed by atoms with Gasteiger partial charge < -0.3 is 9.26 Å². The maximum Gasteiger partial charge on any atom is 0.231 e. The van der Waals surface area contributed by atoms with Crippen LogP contribution in [0.15, 0.2) is 34.9 Å². The smallest absolute Gasteiger partial charge is 0.231 e. The molecule has 5 heteroatoms. The van der Waals surface area contributed by atoms with Gasteiger partial charge in [-0.2, -0.15) is 4.98 Å². The highest BCUT2D eigenvalue weighted by atomic mass is 16.5. The fourth-order valence-electron chi connectivity index (χ4n) is 3.49. The van der Waals surface area contributed by atoms with Crippen molar-refractivity contribution in [3.63, 3.8) is 0 Å². The summed E-state index contributed by atoms with van der Waals surface area (Å²) in [5.74, 6) is 1.77. The molecule has 4 rings (SSSR count). The van der Waals surface area contributed by atoms with E-state index in [1.807, 2.05) is 6.92 Å². The first kappa shape index (κ1) is 13.0. The molecule has 0 bridgehead atoms. The largest absolute Gasteiger partial charge is 0.380 e. The Balaban J connectivity index is 1.55. The average molecular weight is 285 g/mol. The zero-order chi connectivity index (χ0) is 14.3. The van der Waals surface area contributed by atoms with E-state index >= 15 is 0 Å². The van der Waals surface area contributed by atoms with E-state index in [1.165, 1.54) is 5.56 Å². The number of ether oxygens (including phenoxy) is 1. The summed E-state index contributed by atoms with van der Waals surface area (Å²) in [6, 6.07) is 10.6. The van der Waals surface area contributed by atoms with Crippen LogP contribution in [0.5, 0.6) is 0 Å². The lowest BCUT2D eigenvalue weighted by molar-refractivity contribution is -0.117. The van der Waals surface area contributed by atoms with E-state index in [9.17, 15) is 0 Å². The molecule has 2 aromatic rings. The SMILES string of the molecule is Cc1noc(C2CN(Cc3ccccc3)CC23COC3)n1.